The number of nitrogens with zero attached hydrogens (tertiary/aromatic N) is 5. The molecule has 33 heavy (non-hydrogen) atoms. The number of hydrogen-bond donors (Lipinski definition) is 0. The van der Waals surface area contributed by atoms with Crippen LogP contribution in [-0.4, -0.2) is 50.7 Å². The summed E-state index contributed by atoms with van der Waals surface area (Å²) in [4.78, 5) is 30.9. The molecule has 8 nitrogen and oxygen atoms in total. The predicted molar refractivity (Wildman–Crippen MR) is 106 cm³/mol. The lowest BCUT2D eigenvalue weighted by molar-refractivity contribution is -0.153. The summed E-state index contributed by atoms with van der Waals surface area (Å²) in [5.74, 6) is -2.91. The van der Waals surface area contributed by atoms with Crippen molar-refractivity contribution >= 4 is 17.5 Å². The van der Waals surface area contributed by atoms with Crippen LogP contribution < -0.4 is 4.90 Å². The summed E-state index contributed by atoms with van der Waals surface area (Å²) >= 11 is 0. The van der Waals surface area contributed by atoms with Gasteiger partial charge in [0, 0.05) is 18.8 Å². The van der Waals surface area contributed by atoms with Gasteiger partial charge in [-0.15, -0.1) is 10.2 Å². The van der Waals surface area contributed by atoms with E-state index in [9.17, 15) is 22.8 Å². The zero-order valence-corrected chi connectivity index (χ0v) is 17.2. The molecule has 172 valence electrons. The summed E-state index contributed by atoms with van der Waals surface area (Å²) in [6.45, 7) is 0.264. The zero-order chi connectivity index (χ0) is 23.8. The topological polar surface area (TPSA) is 92.4 Å². The Hall–Kier alpha value is -3.83. The Morgan fingerprint density at radius 1 is 1.21 bits per heavy atom. The highest BCUT2D eigenvalue weighted by molar-refractivity contribution is 6.01. The number of halogens is 4. The van der Waals surface area contributed by atoms with Crippen LogP contribution >= 0.6 is 0 Å². The first-order valence-corrected chi connectivity index (χ1v) is 9.75. The molecule has 1 saturated heterocycles. The molecule has 0 saturated carbocycles. The number of pyridine rings is 1. The highest BCUT2D eigenvalue weighted by Gasteiger charge is 2.53. The maximum Gasteiger partial charge on any atom is 0.314 e. The Bertz CT molecular complexity index is 1180. The van der Waals surface area contributed by atoms with Gasteiger partial charge in [0.1, 0.15) is 5.82 Å². The van der Waals surface area contributed by atoms with Crippen molar-refractivity contribution in [3.05, 3.63) is 60.0 Å². The van der Waals surface area contributed by atoms with Gasteiger partial charge in [-0.05, 0) is 30.3 Å². The van der Waals surface area contributed by atoms with E-state index in [1.165, 1.54) is 48.4 Å². The third kappa shape index (κ3) is 4.54. The molecule has 12 heteroatoms. The molecule has 4 rings (SSSR count). The van der Waals surface area contributed by atoms with Gasteiger partial charge in [0.2, 0.25) is 17.5 Å². The largest absolute Gasteiger partial charge is 0.415 e. The van der Waals surface area contributed by atoms with Crippen LogP contribution in [0.3, 0.4) is 0 Å². The van der Waals surface area contributed by atoms with Crippen molar-refractivity contribution in [2.24, 2.45) is 0 Å². The Balaban J connectivity index is 1.58. The molecule has 1 fully saturated rings. The second-order valence-corrected chi connectivity index (χ2v) is 7.50. The van der Waals surface area contributed by atoms with E-state index < -0.39 is 42.8 Å². The Morgan fingerprint density at radius 2 is 1.97 bits per heavy atom. The lowest BCUT2D eigenvalue weighted by Gasteiger charge is -2.44. The van der Waals surface area contributed by atoms with E-state index in [2.05, 4.69) is 15.2 Å². The highest BCUT2D eigenvalue weighted by atomic mass is 19.3. The van der Waals surface area contributed by atoms with Crippen LogP contribution in [0.1, 0.15) is 24.9 Å². The zero-order valence-electron chi connectivity index (χ0n) is 17.2. The van der Waals surface area contributed by atoms with Crippen molar-refractivity contribution in [1.82, 2.24) is 20.1 Å². The molecule has 0 N–H and O–H groups in total. The van der Waals surface area contributed by atoms with E-state index >= 15 is 4.39 Å². The second kappa shape index (κ2) is 8.60. The van der Waals surface area contributed by atoms with Crippen LogP contribution in [0.4, 0.5) is 23.2 Å². The predicted octanol–water partition coefficient (Wildman–Crippen LogP) is 3.31. The number of rotatable bonds is 6. The first-order chi connectivity index (χ1) is 15.7. The first-order valence-electron chi connectivity index (χ1n) is 9.75. The molecule has 1 aliphatic heterocycles. The van der Waals surface area contributed by atoms with Gasteiger partial charge >= 0.3 is 6.43 Å². The average molecular weight is 463 g/mol. The molecule has 3 heterocycles. The molecule has 0 unspecified atom stereocenters. The van der Waals surface area contributed by atoms with Gasteiger partial charge in [0.25, 0.3) is 11.8 Å². The fourth-order valence-corrected chi connectivity index (χ4v) is 3.33. The summed E-state index contributed by atoms with van der Waals surface area (Å²) in [6, 6.07) is 8.03. The summed E-state index contributed by atoms with van der Waals surface area (Å²) in [6.07, 6.45) is -1.64. The summed E-state index contributed by atoms with van der Waals surface area (Å²) in [5, 5.41) is 6.77. The number of carbonyl (C=O) groups excluding carboxylic acids is 2. The van der Waals surface area contributed by atoms with E-state index in [-0.39, 0.29) is 29.6 Å². The first kappa shape index (κ1) is 22.4. The van der Waals surface area contributed by atoms with E-state index in [1.54, 1.807) is 0 Å². The molecule has 1 aromatic carbocycles. The standard InChI is InChI=1S/C21H17F4N5O3/c1-12(31)29-10-21(25,11-29)20(32)30(16-4-2-3-14(22)7-16)9-15-6-5-13(8-26-15)18-27-28-19(33-18)17(23)24/h2-8,17H,9-11H2,1H3. The molecule has 0 bridgehead atoms. The van der Waals surface area contributed by atoms with Crippen LogP contribution in [0.2, 0.25) is 0 Å². The molecular weight excluding hydrogens is 446 g/mol. The van der Waals surface area contributed by atoms with Crippen molar-refractivity contribution < 1.29 is 31.6 Å². The molecule has 3 aromatic rings. The van der Waals surface area contributed by atoms with Crippen molar-refractivity contribution in [3.8, 4) is 11.5 Å². The fraction of sp³-hybridized carbons (Fsp3) is 0.286. The minimum absolute atomic E-state index is 0.114. The van der Waals surface area contributed by atoms with E-state index in [4.69, 9.17) is 4.42 Å². The van der Waals surface area contributed by atoms with Crippen LogP contribution in [0.15, 0.2) is 47.0 Å². The number of hydrogen-bond acceptors (Lipinski definition) is 6. The maximum atomic E-state index is 15.2. The smallest absolute Gasteiger partial charge is 0.314 e. The normalized spacial score (nSPS) is 14.8. The molecule has 0 aliphatic carbocycles. The average Bonchev–Trinajstić information content (AvgIpc) is 3.26. The van der Waals surface area contributed by atoms with Crippen LogP contribution in [0, 0.1) is 5.82 Å². The van der Waals surface area contributed by atoms with Crippen molar-refractivity contribution in [1.29, 1.82) is 0 Å². The second-order valence-electron chi connectivity index (χ2n) is 7.50. The molecule has 0 atom stereocenters. The quantitative estimate of drug-likeness (QED) is 0.521. The van der Waals surface area contributed by atoms with E-state index in [0.717, 1.165) is 11.0 Å². The summed E-state index contributed by atoms with van der Waals surface area (Å²) in [7, 11) is 0. The Morgan fingerprint density at radius 3 is 2.55 bits per heavy atom. The highest BCUT2D eigenvalue weighted by Crippen LogP contribution is 2.31. The number of likely N-dealkylation sites (tertiary alicyclic amines) is 1. The minimum Gasteiger partial charge on any atom is -0.415 e. The molecule has 2 aromatic heterocycles. The number of anilines is 1. The number of alkyl halides is 3. The third-order valence-corrected chi connectivity index (χ3v) is 5.10. The van der Waals surface area contributed by atoms with Gasteiger partial charge in [-0.25, -0.2) is 8.78 Å². The van der Waals surface area contributed by atoms with Crippen molar-refractivity contribution in [2.75, 3.05) is 18.0 Å². The van der Waals surface area contributed by atoms with Crippen LogP contribution in [0.25, 0.3) is 11.5 Å². The minimum atomic E-state index is -2.91. The lowest BCUT2D eigenvalue weighted by atomic mass is 9.94. The fourth-order valence-electron chi connectivity index (χ4n) is 3.33. The number of benzene rings is 1. The van der Waals surface area contributed by atoms with Gasteiger partial charge in [-0.1, -0.05) is 6.07 Å². The Labute approximate surface area is 184 Å². The number of aromatic nitrogens is 3. The summed E-state index contributed by atoms with van der Waals surface area (Å²) in [5.41, 5.74) is -1.63. The summed E-state index contributed by atoms with van der Waals surface area (Å²) < 4.78 is 59.2. The van der Waals surface area contributed by atoms with Gasteiger partial charge in [0.05, 0.1) is 30.9 Å². The van der Waals surface area contributed by atoms with Crippen LogP contribution in [0.5, 0.6) is 0 Å². The van der Waals surface area contributed by atoms with Gasteiger partial charge < -0.3 is 14.2 Å². The van der Waals surface area contributed by atoms with E-state index in [0.29, 0.717) is 5.69 Å². The van der Waals surface area contributed by atoms with E-state index in [1.807, 2.05) is 0 Å². The number of carbonyl (C=O) groups is 2. The molecular formula is C21H17F4N5O3. The molecule has 2 amide bonds. The maximum absolute atomic E-state index is 15.2. The third-order valence-electron chi connectivity index (χ3n) is 5.10. The van der Waals surface area contributed by atoms with Gasteiger partial charge in [-0.2, -0.15) is 8.78 Å². The van der Waals surface area contributed by atoms with Crippen molar-refractivity contribution in [2.45, 2.75) is 25.6 Å². The lowest BCUT2D eigenvalue weighted by Crippen LogP contribution is -2.67. The monoisotopic (exact) mass is 463 g/mol. The SMILES string of the molecule is CC(=O)N1CC(F)(C(=O)N(Cc2ccc(-c3nnc(C(F)F)o3)cn2)c2cccc(F)c2)C1. The van der Waals surface area contributed by atoms with Crippen LogP contribution in [-0.2, 0) is 16.1 Å². The number of amides is 2. The Kier molecular flexibility index (Phi) is 5.83. The van der Waals surface area contributed by atoms with Gasteiger partial charge in [0.15, 0.2) is 0 Å². The molecule has 1 aliphatic rings. The van der Waals surface area contributed by atoms with Gasteiger partial charge in [-0.3, -0.25) is 14.6 Å². The molecule has 0 spiro atoms. The molecule has 0 radical (unpaired) electrons. The van der Waals surface area contributed by atoms with Crippen molar-refractivity contribution in [3.63, 3.8) is 0 Å².